The van der Waals surface area contributed by atoms with Crippen LogP contribution in [0, 0.1) is 0 Å². The van der Waals surface area contributed by atoms with Crippen LogP contribution in [-0.2, 0) is 0 Å². The fourth-order valence-electron chi connectivity index (χ4n) is 2.40. The summed E-state index contributed by atoms with van der Waals surface area (Å²) in [5, 5.41) is 22.7. The Labute approximate surface area is 150 Å². The van der Waals surface area contributed by atoms with Gasteiger partial charge in [0, 0.05) is 0 Å². The number of nitrogens with one attached hydrogen (secondary N) is 1. The number of hydrogen-bond acceptors (Lipinski definition) is 5. The monoisotopic (exact) mass is 423 g/mol. The number of aliphatic hydroxyl groups is 1. The molecule has 1 aromatic carbocycles. The Kier molecular flexibility index (Phi) is 4.86. The fraction of sp³-hybridized carbons (Fsp3) is 0.429. The average molecular weight is 423 g/mol. The van der Waals surface area contributed by atoms with Crippen molar-refractivity contribution in [2.24, 2.45) is 10.1 Å². The van der Waals surface area contributed by atoms with E-state index in [-0.39, 0.29) is 5.69 Å². The van der Waals surface area contributed by atoms with E-state index >= 15 is 0 Å². The first-order chi connectivity index (χ1) is 12.5. The van der Waals surface area contributed by atoms with Gasteiger partial charge >= 0.3 is 23.9 Å². The second-order valence-electron chi connectivity index (χ2n) is 5.72. The Balaban J connectivity index is 2.76. The highest BCUT2D eigenvalue weighted by molar-refractivity contribution is 6.45. The summed E-state index contributed by atoms with van der Waals surface area (Å²) in [7, 11) is 0. The topological polar surface area (TPSA) is 77.2 Å². The van der Waals surface area contributed by atoms with Crippen LogP contribution in [0.15, 0.2) is 34.4 Å². The highest BCUT2D eigenvalue weighted by Gasteiger charge is 2.87. The van der Waals surface area contributed by atoms with E-state index in [4.69, 9.17) is 5.21 Å². The maximum Gasteiger partial charge on any atom is 0.460 e. The van der Waals surface area contributed by atoms with E-state index in [0.29, 0.717) is 0 Å². The van der Waals surface area contributed by atoms with Crippen LogP contribution < -0.4 is 5.32 Å². The van der Waals surface area contributed by atoms with Crippen LogP contribution >= 0.6 is 0 Å². The number of nitrogens with zero attached hydrogens (tertiary/aromatic N) is 2. The molecule has 0 bridgehead atoms. The van der Waals surface area contributed by atoms with Crippen molar-refractivity contribution in [3.63, 3.8) is 0 Å². The van der Waals surface area contributed by atoms with Gasteiger partial charge in [-0.1, -0.05) is 17.3 Å². The predicted molar refractivity (Wildman–Crippen MR) is 77.9 cm³/mol. The van der Waals surface area contributed by atoms with Crippen molar-refractivity contribution in [3.05, 3.63) is 24.3 Å². The third-order valence-corrected chi connectivity index (χ3v) is 3.89. The number of alkyl halides is 9. The molecule has 5 nitrogen and oxygen atoms in total. The van der Waals surface area contributed by atoms with Gasteiger partial charge in [0.1, 0.15) is 0 Å². The summed E-state index contributed by atoms with van der Waals surface area (Å²) in [6.07, 6.45) is -7.08. The van der Waals surface area contributed by atoms with Gasteiger partial charge in [-0.25, -0.2) is 4.99 Å². The maximum atomic E-state index is 14.5. The lowest BCUT2D eigenvalue weighted by atomic mass is 9.88. The molecule has 14 heteroatoms. The molecule has 156 valence electrons. The van der Waals surface area contributed by atoms with Crippen LogP contribution in [0.25, 0.3) is 0 Å². The normalized spacial score (nSPS) is 23.0. The van der Waals surface area contributed by atoms with Crippen LogP contribution in [0.2, 0.25) is 0 Å². The number of hydrogen-bond donors (Lipinski definition) is 3. The molecule has 1 atom stereocenters. The van der Waals surface area contributed by atoms with Gasteiger partial charge in [0.2, 0.25) is 0 Å². The van der Waals surface area contributed by atoms with E-state index in [2.05, 4.69) is 10.1 Å². The van der Waals surface area contributed by atoms with E-state index in [0.717, 1.165) is 25.1 Å². The van der Waals surface area contributed by atoms with Gasteiger partial charge in [0.05, 0.1) is 17.1 Å². The van der Waals surface area contributed by atoms with Gasteiger partial charge in [-0.2, -0.15) is 39.5 Å². The minimum Gasteiger partial charge on any atom is -0.410 e. The van der Waals surface area contributed by atoms with Crippen LogP contribution in [0.1, 0.15) is 6.92 Å². The molecule has 0 radical (unpaired) electrons. The first kappa shape index (κ1) is 21.8. The molecule has 0 aromatic heterocycles. The first-order valence-corrected chi connectivity index (χ1v) is 7.12. The van der Waals surface area contributed by atoms with E-state index in [1.165, 1.54) is 11.4 Å². The van der Waals surface area contributed by atoms with Crippen molar-refractivity contribution in [2.75, 3.05) is 5.32 Å². The molecule has 28 heavy (non-hydrogen) atoms. The third kappa shape index (κ3) is 2.77. The molecule has 0 amide bonds. The molecular weight excluding hydrogens is 413 g/mol. The minimum absolute atomic E-state index is 0.279. The molecule has 1 aromatic rings. The van der Waals surface area contributed by atoms with Gasteiger partial charge in [0.15, 0.2) is 5.71 Å². The Morgan fingerprint density at radius 2 is 1.50 bits per heavy atom. The summed E-state index contributed by atoms with van der Waals surface area (Å²) in [5.41, 5.74) is -8.24. The summed E-state index contributed by atoms with van der Waals surface area (Å²) < 4.78 is 120. The lowest BCUT2D eigenvalue weighted by Gasteiger charge is -2.42. The quantitative estimate of drug-likeness (QED) is 0.388. The molecule has 0 saturated heterocycles. The van der Waals surface area contributed by atoms with E-state index < -0.39 is 46.8 Å². The number of halogens is 9. The lowest BCUT2D eigenvalue weighted by Crippen LogP contribution is -2.73. The van der Waals surface area contributed by atoms with Crippen molar-refractivity contribution < 1.29 is 49.8 Å². The molecule has 3 N–H and O–H groups in total. The zero-order chi connectivity index (χ0) is 21.8. The minimum atomic E-state index is -7.25. The number of fused-ring (bicyclic) bond motifs is 1. The summed E-state index contributed by atoms with van der Waals surface area (Å²) in [5.74, 6) is -21.0. The predicted octanol–water partition coefficient (Wildman–Crippen LogP) is 4.19. The highest BCUT2D eigenvalue weighted by Crippen LogP contribution is 2.56. The fourth-order valence-corrected chi connectivity index (χ4v) is 2.40. The van der Waals surface area contributed by atoms with Gasteiger partial charge < -0.3 is 15.6 Å². The molecule has 1 aliphatic heterocycles. The lowest BCUT2D eigenvalue weighted by molar-refractivity contribution is -0.408. The number of rotatable bonds is 3. The van der Waals surface area contributed by atoms with Crippen LogP contribution in [-0.4, -0.2) is 51.4 Å². The molecule has 1 aliphatic rings. The maximum absolute atomic E-state index is 14.5. The van der Waals surface area contributed by atoms with E-state index in [1.54, 1.807) is 0 Å². The second-order valence-corrected chi connectivity index (χ2v) is 5.72. The Morgan fingerprint density at radius 3 is 2.00 bits per heavy atom. The number of para-hydroxylation sites is 2. The average Bonchev–Trinajstić information content (AvgIpc) is 2.66. The number of aliphatic imine (C=N–C) groups is 1. The summed E-state index contributed by atoms with van der Waals surface area (Å²) in [4.78, 5) is 3.61. The smallest absolute Gasteiger partial charge is 0.410 e. The summed E-state index contributed by atoms with van der Waals surface area (Å²) in [6, 6.07) is 4.45. The molecule has 1 unspecified atom stereocenters. The molecule has 0 aliphatic carbocycles. The number of benzene rings is 1. The van der Waals surface area contributed by atoms with Gasteiger partial charge in [-0.3, -0.25) is 0 Å². The molecular formula is C14H10F9N3O2. The Hall–Kier alpha value is -2.51. The Bertz CT molecular complexity index is 836. The standard InChI is InChI=1S/C14H10F9N3O2/c1-6-9(26-28)10(27,25-8-5-3-2-4-7(8)24-6)11(15,16)12(17,18)13(19,20)14(21,22)23/h2-5,25,27-28H,1H3. The van der Waals surface area contributed by atoms with Gasteiger partial charge in [0.25, 0.3) is 5.72 Å². The van der Waals surface area contributed by atoms with Gasteiger partial charge in [-0.15, -0.1) is 0 Å². The molecule has 0 spiro atoms. The van der Waals surface area contributed by atoms with Crippen molar-refractivity contribution in [1.29, 1.82) is 0 Å². The Morgan fingerprint density at radius 1 is 0.964 bits per heavy atom. The van der Waals surface area contributed by atoms with Crippen LogP contribution in [0.3, 0.4) is 0 Å². The summed E-state index contributed by atoms with van der Waals surface area (Å²) >= 11 is 0. The third-order valence-electron chi connectivity index (χ3n) is 3.89. The van der Waals surface area contributed by atoms with E-state index in [1.807, 2.05) is 0 Å². The van der Waals surface area contributed by atoms with Crippen molar-refractivity contribution in [3.8, 4) is 0 Å². The number of oxime groups is 1. The SMILES string of the molecule is CC1=Nc2ccccc2NC(O)(C(F)(F)C(F)(F)C(F)(F)C(F)(F)F)C1=NO. The molecule has 0 saturated carbocycles. The molecule has 2 rings (SSSR count). The van der Waals surface area contributed by atoms with Crippen molar-refractivity contribution in [2.45, 2.75) is 36.6 Å². The first-order valence-electron chi connectivity index (χ1n) is 7.12. The van der Waals surface area contributed by atoms with Crippen molar-refractivity contribution in [1.82, 2.24) is 0 Å². The van der Waals surface area contributed by atoms with Crippen molar-refractivity contribution >= 4 is 22.8 Å². The number of anilines is 1. The van der Waals surface area contributed by atoms with Crippen LogP contribution in [0.5, 0.6) is 0 Å². The molecule has 1 heterocycles. The zero-order valence-electron chi connectivity index (χ0n) is 13.5. The zero-order valence-corrected chi connectivity index (χ0v) is 13.5. The second kappa shape index (κ2) is 6.25. The highest BCUT2D eigenvalue weighted by atomic mass is 19.4. The van der Waals surface area contributed by atoms with Gasteiger partial charge in [-0.05, 0) is 19.1 Å². The van der Waals surface area contributed by atoms with E-state index in [9.17, 15) is 44.6 Å². The molecule has 0 fully saturated rings. The summed E-state index contributed by atoms with van der Waals surface area (Å²) in [6.45, 7) is 0.778. The largest absolute Gasteiger partial charge is 0.460 e. The van der Waals surface area contributed by atoms with Crippen LogP contribution in [0.4, 0.5) is 50.9 Å².